The van der Waals surface area contributed by atoms with Crippen molar-refractivity contribution in [2.75, 3.05) is 18.5 Å². The minimum atomic E-state index is -0.274. The van der Waals surface area contributed by atoms with Crippen molar-refractivity contribution in [2.45, 2.75) is 58.3 Å². The maximum atomic E-state index is 13.5. The van der Waals surface area contributed by atoms with E-state index >= 15 is 0 Å². The molecule has 0 fully saturated rings. The fourth-order valence-electron chi connectivity index (χ4n) is 5.54. The van der Waals surface area contributed by atoms with E-state index in [0.29, 0.717) is 12.2 Å². The van der Waals surface area contributed by atoms with Crippen molar-refractivity contribution in [1.29, 1.82) is 0 Å². The highest BCUT2D eigenvalue weighted by molar-refractivity contribution is 6.11. The average molecular weight is 486 g/mol. The molecule has 0 saturated heterocycles. The third kappa shape index (κ3) is 4.41. The van der Waals surface area contributed by atoms with Gasteiger partial charge in [-0.05, 0) is 41.8 Å². The van der Waals surface area contributed by atoms with E-state index in [9.17, 15) is 9.59 Å². The van der Waals surface area contributed by atoms with E-state index in [1.165, 1.54) is 43.9 Å². The van der Waals surface area contributed by atoms with Crippen LogP contribution in [0, 0.1) is 0 Å². The largest absolute Gasteiger partial charge is 0.494 e. The molecular weight excluding hydrogens is 450 g/mol. The fourth-order valence-corrected chi connectivity index (χ4v) is 5.54. The Morgan fingerprint density at radius 1 is 1.06 bits per heavy atom. The number of ether oxygens (including phenoxy) is 1. The van der Waals surface area contributed by atoms with Crippen LogP contribution in [0.2, 0.25) is 0 Å². The second-order valence-electron chi connectivity index (χ2n) is 9.94. The summed E-state index contributed by atoms with van der Waals surface area (Å²) in [5.41, 5.74) is 5.61. The van der Waals surface area contributed by atoms with Crippen LogP contribution in [0.5, 0.6) is 5.75 Å². The minimum absolute atomic E-state index is 0.219. The van der Waals surface area contributed by atoms with E-state index in [4.69, 9.17) is 4.74 Å². The Morgan fingerprint density at radius 3 is 2.56 bits per heavy atom. The number of aromatic nitrogens is 1. The zero-order valence-electron chi connectivity index (χ0n) is 21.5. The Labute approximate surface area is 212 Å². The van der Waals surface area contributed by atoms with Crippen molar-refractivity contribution in [1.82, 2.24) is 9.47 Å². The summed E-state index contributed by atoms with van der Waals surface area (Å²) < 4.78 is 8.11. The molecule has 2 aliphatic heterocycles. The van der Waals surface area contributed by atoms with Gasteiger partial charge in [0.1, 0.15) is 5.75 Å². The molecule has 0 spiro atoms. The summed E-state index contributed by atoms with van der Waals surface area (Å²) in [6, 6.07) is 14.3. The lowest BCUT2D eigenvalue weighted by Gasteiger charge is -2.20. The number of nitrogens with one attached hydrogen (secondary N) is 1. The molecule has 36 heavy (non-hydrogen) atoms. The van der Waals surface area contributed by atoms with Gasteiger partial charge in [0, 0.05) is 42.9 Å². The van der Waals surface area contributed by atoms with E-state index < -0.39 is 0 Å². The number of nitrogens with zero attached hydrogens (tertiary/aromatic N) is 2. The van der Waals surface area contributed by atoms with E-state index in [0.717, 1.165) is 45.6 Å². The molecule has 0 aliphatic carbocycles. The van der Waals surface area contributed by atoms with E-state index in [1.54, 1.807) is 0 Å². The smallest absolute Gasteiger partial charge is 0.259 e. The number of amides is 2. The van der Waals surface area contributed by atoms with Crippen LogP contribution in [0.4, 0.5) is 5.69 Å². The Balaban J connectivity index is 1.44. The summed E-state index contributed by atoms with van der Waals surface area (Å²) in [6.07, 6.45) is 9.50. The first kappa shape index (κ1) is 24.2. The van der Waals surface area contributed by atoms with Crippen LogP contribution < -0.4 is 10.1 Å². The van der Waals surface area contributed by atoms with Crippen LogP contribution in [0.1, 0.15) is 69.4 Å². The van der Waals surface area contributed by atoms with Gasteiger partial charge in [-0.2, -0.15) is 0 Å². The second-order valence-corrected chi connectivity index (χ2v) is 9.94. The number of hydrogen-bond acceptors (Lipinski definition) is 4. The third-order valence-electron chi connectivity index (χ3n) is 7.41. The lowest BCUT2D eigenvalue weighted by atomic mass is 9.84. The van der Waals surface area contributed by atoms with Gasteiger partial charge in [-0.3, -0.25) is 14.5 Å². The number of carbonyl (C=O) groups is 2. The number of anilines is 1. The highest BCUT2D eigenvalue weighted by Gasteiger charge is 2.41. The first-order valence-electron chi connectivity index (χ1n) is 13.1. The van der Waals surface area contributed by atoms with Crippen molar-refractivity contribution < 1.29 is 14.3 Å². The van der Waals surface area contributed by atoms with Gasteiger partial charge in [0.05, 0.1) is 24.2 Å². The highest BCUT2D eigenvalue weighted by Crippen LogP contribution is 2.46. The molecule has 2 amide bonds. The minimum Gasteiger partial charge on any atom is -0.494 e. The zero-order valence-corrected chi connectivity index (χ0v) is 21.5. The Kier molecular flexibility index (Phi) is 6.86. The second kappa shape index (κ2) is 10.2. The van der Waals surface area contributed by atoms with Crippen LogP contribution in [0.25, 0.3) is 10.9 Å². The van der Waals surface area contributed by atoms with E-state index in [1.807, 2.05) is 31.3 Å². The van der Waals surface area contributed by atoms with Crippen molar-refractivity contribution in [3.63, 3.8) is 0 Å². The van der Waals surface area contributed by atoms with E-state index in [-0.39, 0.29) is 24.3 Å². The molecular formula is C30H35N3O3. The van der Waals surface area contributed by atoms with Gasteiger partial charge < -0.3 is 14.6 Å². The maximum Gasteiger partial charge on any atom is 0.259 e. The number of unbranched alkanes of at least 4 members (excludes halogenated alkanes) is 5. The summed E-state index contributed by atoms with van der Waals surface area (Å²) in [7, 11) is 2.03. The number of benzene rings is 2. The summed E-state index contributed by atoms with van der Waals surface area (Å²) >= 11 is 0. The number of aryl methyl sites for hydroxylation is 1. The van der Waals surface area contributed by atoms with Gasteiger partial charge in [0.15, 0.2) is 0 Å². The van der Waals surface area contributed by atoms with Crippen molar-refractivity contribution in [2.24, 2.45) is 7.05 Å². The zero-order chi connectivity index (χ0) is 25.2. The van der Waals surface area contributed by atoms with Gasteiger partial charge in [0.2, 0.25) is 5.91 Å². The summed E-state index contributed by atoms with van der Waals surface area (Å²) in [5, 5.41) is 4.62. The topological polar surface area (TPSA) is 63.6 Å². The van der Waals surface area contributed by atoms with Gasteiger partial charge in [-0.1, -0.05) is 57.2 Å². The van der Waals surface area contributed by atoms with Gasteiger partial charge in [-0.15, -0.1) is 0 Å². The molecule has 1 unspecified atom stereocenters. The van der Waals surface area contributed by atoms with Gasteiger partial charge in [0.25, 0.3) is 5.91 Å². The molecule has 0 bridgehead atoms. The standard InChI is InChI=1S/C30H35N3O3/c1-4-5-6-7-8-9-17-36-22-15-13-21(14-16-22)27-23-18-32(3)26-12-10-11-24(28(23)26)31-25-19-33(20(2)34)30(35)29(25)27/h10-16,18,27,31H,4-9,17,19H2,1-3H3. The van der Waals surface area contributed by atoms with Crippen molar-refractivity contribution in [3.8, 4) is 5.75 Å². The lowest BCUT2D eigenvalue weighted by molar-refractivity contribution is -0.139. The number of imide groups is 1. The average Bonchev–Trinajstić information content (AvgIpc) is 3.33. The van der Waals surface area contributed by atoms with Crippen LogP contribution in [0.15, 0.2) is 59.9 Å². The summed E-state index contributed by atoms with van der Waals surface area (Å²) in [5.74, 6) is 0.112. The molecule has 2 aliphatic rings. The Hall–Kier alpha value is -3.54. The van der Waals surface area contributed by atoms with Gasteiger partial charge >= 0.3 is 0 Å². The molecule has 2 aromatic carbocycles. The molecule has 0 radical (unpaired) electrons. The molecule has 1 atom stereocenters. The van der Waals surface area contributed by atoms with Crippen molar-refractivity contribution >= 4 is 28.4 Å². The summed E-state index contributed by atoms with van der Waals surface area (Å²) in [4.78, 5) is 27.1. The lowest BCUT2D eigenvalue weighted by Crippen LogP contribution is -2.33. The number of hydrogen-bond donors (Lipinski definition) is 1. The molecule has 3 aromatic rings. The van der Waals surface area contributed by atoms with Crippen LogP contribution in [-0.2, 0) is 16.6 Å². The van der Waals surface area contributed by atoms with Crippen LogP contribution >= 0.6 is 0 Å². The molecule has 5 rings (SSSR count). The predicted octanol–water partition coefficient (Wildman–Crippen LogP) is 6.12. The first-order chi connectivity index (χ1) is 17.5. The van der Waals surface area contributed by atoms with Crippen LogP contribution in [0.3, 0.4) is 0 Å². The molecule has 6 nitrogen and oxygen atoms in total. The molecule has 0 saturated carbocycles. The third-order valence-corrected chi connectivity index (χ3v) is 7.41. The monoisotopic (exact) mass is 485 g/mol. The normalized spacial score (nSPS) is 16.8. The van der Waals surface area contributed by atoms with Crippen LogP contribution in [-0.4, -0.2) is 34.4 Å². The Bertz CT molecular complexity index is 1320. The number of rotatable bonds is 9. The predicted molar refractivity (Wildman–Crippen MR) is 143 cm³/mol. The fraction of sp³-hybridized carbons (Fsp3) is 0.400. The molecule has 1 N–H and O–H groups in total. The molecule has 188 valence electrons. The van der Waals surface area contributed by atoms with Crippen molar-refractivity contribution in [3.05, 3.63) is 71.1 Å². The Morgan fingerprint density at radius 2 is 1.81 bits per heavy atom. The molecule has 1 aromatic heterocycles. The molecule has 3 heterocycles. The SMILES string of the molecule is CCCCCCCCOc1ccc(C2C3=C(CN(C(C)=O)C3=O)Nc3cccc4c3c2cn4C)cc1. The first-order valence-corrected chi connectivity index (χ1v) is 13.1. The van der Waals surface area contributed by atoms with E-state index in [2.05, 4.69) is 41.2 Å². The maximum absolute atomic E-state index is 13.5. The summed E-state index contributed by atoms with van der Waals surface area (Å²) in [6.45, 7) is 4.67. The quantitative estimate of drug-likeness (QED) is 0.371. The highest BCUT2D eigenvalue weighted by atomic mass is 16.5. The molecule has 6 heteroatoms. The number of carbonyl (C=O) groups excluding carboxylic acids is 2. The van der Waals surface area contributed by atoms with Gasteiger partial charge in [-0.25, -0.2) is 0 Å².